The maximum absolute atomic E-state index is 11.8. The highest BCUT2D eigenvalue weighted by Crippen LogP contribution is 2.14. The molecule has 0 saturated carbocycles. The molecule has 0 rings (SSSR count). The number of esters is 1. The van der Waals surface area contributed by atoms with Gasteiger partial charge >= 0.3 is 5.97 Å². The third-order valence-corrected chi connectivity index (χ3v) is 6.92. The molecular weight excluding hydrogens is 420 g/mol. The highest BCUT2D eigenvalue weighted by atomic mass is 16.5. The zero-order chi connectivity index (χ0) is 24.8. The van der Waals surface area contributed by atoms with Crippen molar-refractivity contribution in [1.29, 1.82) is 0 Å². The normalized spacial score (nSPS) is 11.1. The van der Waals surface area contributed by atoms with E-state index in [4.69, 9.17) is 4.74 Å². The first-order valence-corrected chi connectivity index (χ1v) is 15.3. The highest BCUT2D eigenvalue weighted by Gasteiger charge is 2.02. The molecule has 0 amide bonds. The van der Waals surface area contributed by atoms with Crippen molar-refractivity contribution < 1.29 is 14.3 Å². The lowest BCUT2D eigenvalue weighted by Gasteiger charge is -2.06. The lowest BCUT2D eigenvalue weighted by Crippen LogP contribution is -2.05. The van der Waals surface area contributed by atoms with E-state index in [2.05, 4.69) is 6.92 Å². The van der Waals surface area contributed by atoms with Gasteiger partial charge in [-0.15, -0.1) is 0 Å². The Morgan fingerprint density at radius 3 is 1.26 bits per heavy atom. The third kappa shape index (κ3) is 29.2. The summed E-state index contributed by atoms with van der Waals surface area (Å²) in [6, 6.07) is 0. The van der Waals surface area contributed by atoms with E-state index in [1.807, 2.05) is 6.29 Å². The van der Waals surface area contributed by atoms with Crippen LogP contribution >= 0.6 is 0 Å². The van der Waals surface area contributed by atoms with Crippen LogP contribution in [0.4, 0.5) is 0 Å². The van der Waals surface area contributed by atoms with Crippen LogP contribution in [-0.2, 0) is 14.3 Å². The number of carbonyl (C=O) groups is 1. The summed E-state index contributed by atoms with van der Waals surface area (Å²) in [5, 5.41) is 0. The van der Waals surface area contributed by atoms with Crippen molar-refractivity contribution in [1.82, 2.24) is 0 Å². The molecule has 0 aliphatic heterocycles. The van der Waals surface area contributed by atoms with Crippen molar-refractivity contribution in [2.45, 2.75) is 180 Å². The van der Waals surface area contributed by atoms with Crippen LogP contribution in [-0.4, -0.2) is 18.9 Å². The number of rotatable bonds is 29. The van der Waals surface area contributed by atoms with Crippen molar-refractivity contribution >= 4 is 12.3 Å². The summed E-state index contributed by atoms with van der Waals surface area (Å²) in [6.45, 7) is 2.89. The molecule has 34 heavy (non-hydrogen) atoms. The largest absolute Gasteiger partial charge is 0.466 e. The van der Waals surface area contributed by atoms with Crippen LogP contribution in [0.2, 0.25) is 0 Å². The lowest BCUT2D eigenvalue weighted by atomic mass is 10.0. The fraction of sp³-hybridized carbons (Fsp3) is 0.935. The van der Waals surface area contributed by atoms with E-state index in [-0.39, 0.29) is 5.97 Å². The van der Waals surface area contributed by atoms with Gasteiger partial charge in [-0.1, -0.05) is 148 Å². The minimum absolute atomic E-state index is 0.00847. The Morgan fingerprint density at radius 1 is 0.500 bits per heavy atom. The Kier molecular flexibility index (Phi) is 29.4. The molecule has 0 aromatic rings. The van der Waals surface area contributed by atoms with E-state index in [0.717, 1.165) is 19.3 Å². The standard InChI is InChI=1S/C31H59O3/c1-2-3-4-5-6-7-8-13-16-19-22-25-28-31(33)34-30-27-24-21-18-15-12-10-9-11-14-17-20-23-26-29-32/h2-28,30H2,1H3. The molecule has 0 aromatic heterocycles. The van der Waals surface area contributed by atoms with Gasteiger partial charge in [0.1, 0.15) is 0 Å². The first-order valence-electron chi connectivity index (χ1n) is 15.3. The van der Waals surface area contributed by atoms with Gasteiger partial charge in [0, 0.05) is 12.8 Å². The van der Waals surface area contributed by atoms with Crippen molar-refractivity contribution in [3.05, 3.63) is 0 Å². The second-order valence-corrected chi connectivity index (χ2v) is 10.4. The summed E-state index contributed by atoms with van der Waals surface area (Å²) in [6.07, 6.45) is 35.4. The van der Waals surface area contributed by atoms with Crippen LogP contribution in [0.5, 0.6) is 0 Å². The van der Waals surface area contributed by atoms with Crippen molar-refractivity contribution in [3.63, 3.8) is 0 Å². The van der Waals surface area contributed by atoms with Gasteiger partial charge in [0.2, 0.25) is 0 Å². The molecule has 0 aliphatic rings. The monoisotopic (exact) mass is 479 g/mol. The fourth-order valence-electron chi connectivity index (χ4n) is 4.61. The topological polar surface area (TPSA) is 43.4 Å². The van der Waals surface area contributed by atoms with Crippen LogP contribution in [0.1, 0.15) is 180 Å². The van der Waals surface area contributed by atoms with E-state index < -0.39 is 0 Å². The minimum atomic E-state index is 0.00847. The molecule has 3 heteroatoms. The average Bonchev–Trinajstić information content (AvgIpc) is 2.84. The summed E-state index contributed by atoms with van der Waals surface area (Å²) in [7, 11) is 0. The van der Waals surface area contributed by atoms with E-state index >= 15 is 0 Å². The molecule has 0 heterocycles. The molecular formula is C31H59O3. The zero-order valence-corrected chi connectivity index (χ0v) is 23.0. The Balaban J connectivity index is 3.14. The first kappa shape index (κ1) is 33.1. The molecule has 0 bridgehead atoms. The van der Waals surface area contributed by atoms with Gasteiger partial charge in [-0.3, -0.25) is 9.59 Å². The summed E-state index contributed by atoms with van der Waals surface area (Å²) in [5.74, 6) is 0.00847. The summed E-state index contributed by atoms with van der Waals surface area (Å²) >= 11 is 0. The smallest absolute Gasteiger partial charge is 0.305 e. The molecule has 0 aliphatic carbocycles. The maximum Gasteiger partial charge on any atom is 0.305 e. The van der Waals surface area contributed by atoms with Crippen molar-refractivity contribution in [2.24, 2.45) is 0 Å². The fourth-order valence-corrected chi connectivity index (χ4v) is 4.61. The molecule has 201 valence electrons. The Morgan fingerprint density at radius 2 is 0.853 bits per heavy atom. The van der Waals surface area contributed by atoms with E-state index in [1.54, 1.807) is 0 Å². The van der Waals surface area contributed by atoms with Gasteiger partial charge in [-0.25, -0.2) is 0 Å². The van der Waals surface area contributed by atoms with Crippen LogP contribution in [0.25, 0.3) is 0 Å². The number of ether oxygens (including phenoxy) is 1. The van der Waals surface area contributed by atoms with Gasteiger partial charge in [0.25, 0.3) is 0 Å². The van der Waals surface area contributed by atoms with Crippen LogP contribution in [0.3, 0.4) is 0 Å². The second kappa shape index (κ2) is 30.2. The van der Waals surface area contributed by atoms with Crippen molar-refractivity contribution in [2.75, 3.05) is 6.61 Å². The summed E-state index contributed by atoms with van der Waals surface area (Å²) in [4.78, 5) is 22.0. The van der Waals surface area contributed by atoms with Crippen LogP contribution in [0.15, 0.2) is 0 Å². The zero-order valence-electron chi connectivity index (χ0n) is 23.0. The molecule has 0 N–H and O–H groups in total. The molecule has 0 spiro atoms. The molecule has 0 atom stereocenters. The number of hydrogen-bond donors (Lipinski definition) is 0. The Bertz CT molecular complexity index is 407. The summed E-state index contributed by atoms with van der Waals surface area (Å²) < 4.78 is 5.40. The Labute approximate surface area is 213 Å². The molecule has 3 nitrogen and oxygen atoms in total. The van der Waals surface area contributed by atoms with Gasteiger partial charge in [-0.2, -0.15) is 0 Å². The lowest BCUT2D eigenvalue weighted by molar-refractivity contribution is -0.143. The van der Waals surface area contributed by atoms with Crippen molar-refractivity contribution in [3.8, 4) is 0 Å². The summed E-state index contributed by atoms with van der Waals surface area (Å²) in [5.41, 5.74) is 0. The molecule has 0 aromatic carbocycles. The second-order valence-electron chi connectivity index (χ2n) is 10.4. The van der Waals surface area contributed by atoms with Crippen LogP contribution < -0.4 is 0 Å². The van der Waals surface area contributed by atoms with Gasteiger partial charge < -0.3 is 4.74 Å². The van der Waals surface area contributed by atoms with E-state index in [1.165, 1.54) is 141 Å². The van der Waals surface area contributed by atoms with Gasteiger partial charge in [0.05, 0.1) is 6.61 Å². The minimum Gasteiger partial charge on any atom is -0.466 e. The molecule has 0 saturated heterocycles. The van der Waals surface area contributed by atoms with Gasteiger partial charge in [-0.05, 0) is 19.3 Å². The number of carbonyl (C=O) groups excluding carboxylic acids is 2. The predicted molar refractivity (Wildman–Crippen MR) is 147 cm³/mol. The highest BCUT2D eigenvalue weighted by molar-refractivity contribution is 5.69. The number of hydrogen-bond acceptors (Lipinski definition) is 3. The molecule has 0 unspecified atom stereocenters. The van der Waals surface area contributed by atoms with Gasteiger partial charge in [0.15, 0.2) is 6.29 Å². The quantitative estimate of drug-likeness (QED) is 0.0791. The van der Waals surface area contributed by atoms with Crippen LogP contribution in [0, 0.1) is 0 Å². The number of unbranched alkanes of at least 4 members (excludes halogenated alkanes) is 24. The molecule has 1 radical (unpaired) electrons. The maximum atomic E-state index is 11.8. The van der Waals surface area contributed by atoms with E-state index in [9.17, 15) is 9.59 Å². The average molecular weight is 480 g/mol. The predicted octanol–water partition coefficient (Wildman–Crippen LogP) is 10.2. The molecule has 0 fully saturated rings. The van der Waals surface area contributed by atoms with E-state index in [0.29, 0.717) is 19.4 Å². The third-order valence-electron chi connectivity index (χ3n) is 6.92. The SMILES string of the molecule is CCCCCCCCCCCCCCC(=O)OCCCCCCCCCCCCCCC[C]=O. The Hall–Kier alpha value is -0.860. The first-order chi connectivity index (χ1) is 16.8.